The van der Waals surface area contributed by atoms with E-state index < -0.39 is 0 Å². The number of hydrogen-bond acceptors (Lipinski definition) is 2. The van der Waals surface area contributed by atoms with E-state index in [1.807, 2.05) is 13.8 Å². The fraction of sp³-hybridized carbons (Fsp3) is 0.600. The molecule has 0 bridgehead atoms. The van der Waals surface area contributed by atoms with Crippen LogP contribution in [0.25, 0.3) is 0 Å². The summed E-state index contributed by atoms with van der Waals surface area (Å²) in [6.45, 7) is 6.94. The van der Waals surface area contributed by atoms with E-state index in [9.17, 15) is 9.59 Å². The molecule has 1 aromatic heterocycles. The predicted molar refractivity (Wildman–Crippen MR) is 55.5 cm³/mol. The zero-order valence-corrected chi connectivity index (χ0v) is 8.86. The predicted octanol–water partition coefficient (Wildman–Crippen LogP) is 0.686. The molecule has 0 fully saturated rings. The summed E-state index contributed by atoms with van der Waals surface area (Å²) in [6.07, 6.45) is 1.57. The van der Waals surface area contributed by atoms with E-state index >= 15 is 0 Å². The lowest BCUT2D eigenvalue weighted by Gasteiger charge is -2.09. The van der Waals surface area contributed by atoms with Crippen molar-refractivity contribution < 1.29 is 0 Å². The minimum Gasteiger partial charge on any atom is -0.300 e. The molecule has 1 aromatic rings. The minimum absolute atomic E-state index is 0.214. The van der Waals surface area contributed by atoms with Crippen molar-refractivity contribution in [3.05, 3.63) is 33.1 Å². The first kappa shape index (κ1) is 10.8. The third-order valence-corrected chi connectivity index (χ3v) is 2.02. The van der Waals surface area contributed by atoms with Crippen molar-refractivity contribution in [2.24, 2.45) is 5.92 Å². The van der Waals surface area contributed by atoms with Gasteiger partial charge in [0.05, 0.1) is 0 Å². The molecule has 0 atom stereocenters. The SMILES string of the molecule is CCn1c(=O)ccn(CC(C)C)c1=O. The van der Waals surface area contributed by atoms with Gasteiger partial charge in [-0.1, -0.05) is 13.8 Å². The van der Waals surface area contributed by atoms with Crippen LogP contribution in [0.4, 0.5) is 0 Å². The van der Waals surface area contributed by atoms with Gasteiger partial charge in [-0.15, -0.1) is 0 Å². The van der Waals surface area contributed by atoms with E-state index in [0.717, 1.165) is 0 Å². The van der Waals surface area contributed by atoms with Crippen LogP contribution in [0.2, 0.25) is 0 Å². The summed E-state index contributed by atoms with van der Waals surface area (Å²) >= 11 is 0. The van der Waals surface area contributed by atoms with E-state index in [4.69, 9.17) is 0 Å². The Bertz CT molecular complexity index is 415. The lowest BCUT2D eigenvalue weighted by molar-refractivity contribution is 0.478. The highest BCUT2D eigenvalue weighted by atomic mass is 16.2. The zero-order chi connectivity index (χ0) is 10.7. The fourth-order valence-corrected chi connectivity index (χ4v) is 1.38. The molecule has 0 aliphatic carbocycles. The molecule has 0 aromatic carbocycles. The van der Waals surface area contributed by atoms with Gasteiger partial charge in [-0.2, -0.15) is 0 Å². The van der Waals surface area contributed by atoms with Crippen LogP contribution in [0.1, 0.15) is 20.8 Å². The summed E-state index contributed by atoms with van der Waals surface area (Å²) < 4.78 is 2.82. The molecule has 4 nitrogen and oxygen atoms in total. The van der Waals surface area contributed by atoms with E-state index in [1.165, 1.54) is 10.6 Å². The molecule has 0 spiro atoms. The smallest absolute Gasteiger partial charge is 0.300 e. The Morgan fingerprint density at radius 3 is 2.50 bits per heavy atom. The molecule has 1 heterocycles. The summed E-state index contributed by atoms with van der Waals surface area (Å²) in [6, 6.07) is 1.44. The van der Waals surface area contributed by atoms with Gasteiger partial charge in [0.2, 0.25) is 0 Å². The third kappa shape index (κ3) is 2.13. The molecule has 0 amide bonds. The van der Waals surface area contributed by atoms with Crippen LogP contribution in [-0.4, -0.2) is 9.13 Å². The Hall–Kier alpha value is -1.32. The summed E-state index contributed by atoms with van der Waals surface area (Å²) in [7, 11) is 0. The van der Waals surface area contributed by atoms with Crippen LogP contribution in [0, 0.1) is 5.92 Å². The van der Waals surface area contributed by atoms with Gasteiger partial charge < -0.3 is 4.57 Å². The molecule has 0 N–H and O–H groups in total. The Balaban J connectivity index is 3.22. The van der Waals surface area contributed by atoms with Gasteiger partial charge in [-0.05, 0) is 12.8 Å². The van der Waals surface area contributed by atoms with E-state index in [1.54, 1.807) is 17.7 Å². The van der Waals surface area contributed by atoms with Crippen LogP contribution in [0.5, 0.6) is 0 Å². The summed E-state index contributed by atoms with van der Waals surface area (Å²) in [5, 5.41) is 0. The first-order valence-electron chi connectivity index (χ1n) is 4.86. The molecule has 78 valence electrons. The maximum absolute atomic E-state index is 11.7. The van der Waals surface area contributed by atoms with E-state index in [0.29, 0.717) is 19.0 Å². The Morgan fingerprint density at radius 1 is 1.36 bits per heavy atom. The maximum atomic E-state index is 11.7. The Labute approximate surface area is 82.8 Å². The van der Waals surface area contributed by atoms with Crippen LogP contribution in [-0.2, 0) is 13.1 Å². The summed E-state index contributed by atoms with van der Waals surface area (Å²) in [5.41, 5.74) is -0.439. The number of aromatic nitrogens is 2. The zero-order valence-electron chi connectivity index (χ0n) is 8.86. The van der Waals surface area contributed by atoms with E-state index in [2.05, 4.69) is 0 Å². The second-order valence-electron chi connectivity index (χ2n) is 3.73. The molecule has 0 saturated heterocycles. The van der Waals surface area contributed by atoms with Crippen molar-refractivity contribution in [1.82, 2.24) is 9.13 Å². The molecular weight excluding hydrogens is 180 g/mol. The molecule has 0 saturated carbocycles. The van der Waals surface area contributed by atoms with Gasteiger partial charge in [-0.3, -0.25) is 9.36 Å². The van der Waals surface area contributed by atoms with Gasteiger partial charge >= 0.3 is 5.69 Å². The lowest BCUT2D eigenvalue weighted by Crippen LogP contribution is -2.39. The molecule has 14 heavy (non-hydrogen) atoms. The van der Waals surface area contributed by atoms with Crippen molar-refractivity contribution in [2.75, 3.05) is 0 Å². The van der Waals surface area contributed by atoms with Gasteiger partial charge in [-0.25, -0.2) is 4.79 Å². The normalized spacial score (nSPS) is 10.9. The number of hydrogen-bond donors (Lipinski definition) is 0. The Kier molecular flexibility index (Phi) is 3.28. The van der Waals surface area contributed by atoms with Crippen molar-refractivity contribution in [3.63, 3.8) is 0 Å². The Morgan fingerprint density at radius 2 is 2.00 bits per heavy atom. The first-order chi connectivity index (χ1) is 6.56. The first-order valence-corrected chi connectivity index (χ1v) is 4.86. The quantitative estimate of drug-likeness (QED) is 0.713. The third-order valence-electron chi connectivity index (χ3n) is 2.02. The largest absolute Gasteiger partial charge is 0.330 e. The highest BCUT2D eigenvalue weighted by Gasteiger charge is 2.04. The average molecular weight is 196 g/mol. The van der Waals surface area contributed by atoms with Crippen molar-refractivity contribution in [1.29, 1.82) is 0 Å². The van der Waals surface area contributed by atoms with Gasteiger partial charge in [0.25, 0.3) is 5.56 Å². The molecule has 0 aliphatic rings. The van der Waals surface area contributed by atoms with Crippen LogP contribution >= 0.6 is 0 Å². The number of rotatable bonds is 3. The maximum Gasteiger partial charge on any atom is 0.330 e. The molecule has 1 rings (SSSR count). The standard InChI is InChI=1S/C10H16N2O2/c1-4-12-9(13)5-6-11(10(12)14)7-8(2)3/h5-6,8H,4,7H2,1-3H3. The van der Waals surface area contributed by atoms with Crippen LogP contribution in [0.15, 0.2) is 21.9 Å². The second kappa shape index (κ2) is 4.26. The number of nitrogens with zero attached hydrogens (tertiary/aromatic N) is 2. The lowest BCUT2D eigenvalue weighted by atomic mass is 10.2. The highest BCUT2D eigenvalue weighted by Crippen LogP contribution is 1.94. The van der Waals surface area contributed by atoms with Crippen molar-refractivity contribution in [3.8, 4) is 0 Å². The molecule has 0 radical (unpaired) electrons. The highest BCUT2D eigenvalue weighted by molar-refractivity contribution is 4.86. The van der Waals surface area contributed by atoms with Crippen LogP contribution < -0.4 is 11.2 Å². The van der Waals surface area contributed by atoms with Crippen LogP contribution in [0.3, 0.4) is 0 Å². The fourth-order valence-electron chi connectivity index (χ4n) is 1.38. The summed E-state index contributed by atoms with van der Waals surface area (Å²) in [5.74, 6) is 0.399. The minimum atomic E-state index is -0.225. The second-order valence-corrected chi connectivity index (χ2v) is 3.73. The van der Waals surface area contributed by atoms with Gasteiger partial charge in [0.15, 0.2) is 0 Å². The molecule has 0 unspecified atom stereocenters. The van der Waals surface area contributed by atoms with Crippen molar-refractivity contribution >= 4 is 0 Å². The van der Waals surface area contributed by atoms with E-state index in [-0.39, 0.29) is 11.2 Å². The molecule has 0 aliphatic heterocycles. The summed E-state index contributed by atoms with van der Waals surface area (Å²) in [4.78, 5) is 22.9. The van der Waals surface area contributed by atoms with Gasteiger partial charge in [0.1, 0.15) is 0 Å². The average Bonchev–Trinajstić information content (AvgIpc) is 2.10. The van der Waals surface area contributed by atoms with Gasteiger partial charge in [0, 0.05) is 25.4 Å². The van der Waals surface area contributed by atoms with Crippen molar-refractivity contribution in [2.45, 2.75) is 33.9 Å². The molecular formula is C10H16N2O2. The molecule has 4 heteroatoms. The monoisotopic (exact) mass is 196 g/mol. The topological polar surface area (TPSA) is 44.0 Å².